The molecule has 0 spiro atoms. The van der Waals surface area contributed by atoms with Gasteiger partial charge in [0.2, 0.25) is 11.8 Å². The first kappa shape index (κ1) is 31.4. The van der Waals surface area contributed by atoms with Gasteiger partial charge >= 0.3 is 0 Å². The van der Waals surface area contributed by atoms with Gasteiger partial charge in [-0.3, -0.25) is 13.9 Å². The van der Waals surface area contributed by atoms with E-state index in [0.29, 0.717) is 15.6 Å². The van der Waals surface area contributed by atoms with Crippen molar-refractivity contribution in [2.75, 3.05) is 17.9 Å². The van der Waals surface area contributed by atoms with E-state index in [4.69, 9.17) is 34.8 Å². The molecule has 0 fully saturated rings. The minimum atomic E-state index is -4.27. The fraction of sp³-hybridized carbons (Fsp3) is 0.161. The number of anilines is 1. The number of nitrogens with zero attached hydrogens (tertiary/aromatic N) is 2. The van der Waals surface area contributed by atoms with E-state index in [2.05, 4.69) is 5.32 Å². The van der Waals surface area contributed by atoms with Crippen LogP contribution in [0.25, 0.3) is 0 Å². The lowest BCUT2D eigenvalue weighted by Crippen LogP contribution is -2.53. The van der Waals surface area contributed by atoms with Crippen molar-refractivity contribution >= 4 is 62.3 Å². The summed E-state index contributed by atoms with van der Waals surface area (Å²) in [5.74, 6) is -1.03. The predicted molar refractivity (Wildman–Crippen MR) is 167 cm³/mol. The Morgan fingerprint density at radius 1 is 0.786 bits per heavy atom. The van der Waals surface area contributed by atoms with Gasteiger partial charge in [-0.05, 0) is 53.6 Å². The van der Waals surface area contributed by atoms with Crippen LogP contribution in [0.15, 0.2) is 108 Å². The van der Waals surface area contributed by atoms with Gasteiger partial charge in [0.1, 0.15) is 12.6 Å². The Morgan fingerprint density at radius 3 is 2.02 bits per heavy atom. The summed E-state index contributed by atoms with van der Waals surface area (Å²) in [6, 6.07) is 27.3. The molecule has 4 aromatic rings. The summed E-state index contributed by atoms with van der Waals surface area (Å²) in [5.41, 5.74) is 1.56. The number of carbonyl (C=O) groups is 2. The van der Waals surface area contributed by atoms with Crippen molar-refractivity contribution in [2.45, 2.75) is 23.9 Å². The molecule has 4 rings (SSSR count). The third-order valence-corrected chi connectivity index (χ3v) is 9.09. The number of nitrogens with one attached hydrogen (secondary N) is 1. The highest BCUT2D eigenvalue weighted by Crippen LogP contribution is 2.33. The van der Waals surface area contributed by atoms with Crippen LogP contribution in [0.3, 0.4) is 0 Å². The molecule has 218 valence electrons. The van der Waals surface area contributed by atoms with Crippen LogP contribution in [-0.2, 0) is 32.6 Å². The van der Waals surface area contributed by atoms with Crippen molar-refractivity contribution in [3.63, 3.8) is 0 Å². The Balaban J connectivity index is 1.81. The van der Waals surface area contributed by atoms with Crippen LogP contribution in [0.5, 0.6) is 0 Å². The average molecular weight is 645 g/mol. The van der Waals surface area contributed by atoms with Gasteiger partial charge in [0.05, 0.1) is 15.6 Å². The molecular formula is C31H28Cl3N3O4S. The SMILES string of the molecule is CNC(=O)[C@H](Cc1ccccc1)N(Cc1cccc(Cl)c1)C(=O)CN(c1ccc(Cl)cc1Cl)S(=O)(=O)c1ccccc1. The standard InChI is InChI=1S/C31H28Cl3N3O4S/c1-35-31(39)29(18-22-9-4-2-5-10-22)36(20-23-11-8-12-24(32)17-23)30(38)21-37(28-16-15-25(33)19-27(28)34)42(40,41)26-13-6-3-7-14-26/h2-17,19,29H,18,20-21H2,1H3,(H,35,39)/t29-/m0/s1. The van der Waals surface area contributed by atoms with E-state index in [-0.39, 0.29) is 28.6 Å². The maximum atomic E-state index is 14.3. The van der Waals surface area contributed by atoms with E-state index >= 15 is 0 Å². The Bertz CT molecular complexity index is 1650. The van der Waals surface area contributed by atoms with Crippen molar-refractivity contribution in [3.05, 3.63) is 129 Å². The van der Waals surface area contributed by atoms with Gasteiger partial charge in [-0.2, -0.15) is 0 Å². The van der Waals surface area contributed by atoms with Gasteiger partial charge in [0, 0.05) is 30.1 Å². The second-order valence-electron chi connectivity index (χ2n) is 9.39. The molecule has 0 aliphatic rings. The van der Waals surface area contributed by atoms with Crippen LogP contribution in [0.1, 0.15) is 11.1 Å². The maximum Gasteiger partial charge on any atom is 0.264 e. The van der Waals surface area contributed by atoms with Crippen LogP contribution in [0, 0.1) is 0 Å². The summed E-state index contributed by atoms with van der Waals surface area (Å²) in [7, 11) is -2.78. The number of hydrogen-bond acceptors (Lipinski definition) is 4. The largest absolute Gasteiger partial charge is 0.357 e. The van der Waals surface area contributed by atoms with Gasteiger partial charge in [-0.25, -0.2) is 8.42 Å². The lowest BCUT2D eigenvalue weighted by molar-refractivity contribution is -0.139. The third-order valence-electron chi connectivity index (χ3n) is 6.55. The van der Waals surface area contributed by atoms with Gasteiger partial charge in [0.25, 0.3) is 10.0 Å². The zero-order valence-corrected chi connectivity index (χ0v) is 25.7. The monoisotopic (exact) mass is 643 g/mol. The lowest BCUT2D eigenvalue weighted by Gasteiger charge is -2.33. The number of halogens is 3. The fourth-order valence-electron chi connectivity index (χ4n) is 4.47. The van der Waals surface area contributed by atoms with Crippen molar-refractivity contribution < 1.29 is 18.0 Å². The van der Waals surface area contributed by atoms with Gasteiger partial charge in [0.15, 0.2) is 0 Å². The summed E-state index contributed by atoms with van der Waals surface area (Å²) < 4.78 is 28.8. The van der Waals surface area contributed by atoms with E-state index in [1.165, 1.54) is 42.3 Å². The highest BCUT2D eigenvalue weighted by atomic mass is 35.5. The maximum absolute atomic E-state index is 14.3. The molecule has 0 bridgehead atoms. The number of rotatable bonds is 11. The van der Waals surface area contributed by atoms with E-state index in [1.54, 1.807) is 42.5 Å². The smallest absolute Gasteiger partial charge is 0.264 e. The zero-order valence-electron chi connectivity index (χ0n) is 22.6. The molecule has 0 saturated heterocycles. The van der Waals surface area contributed by atoms with Crippen molar-refractivity contribution in [1.82, 2.24) is 10.2 Å². The molecule has 4 aromatic carbocycles. The molecule has 0 heterocycles. The zero-order chi connectivity index (χ0) is 30.3. The summed E-state index contributed by atoms with van der Waals surface area (Å²) in [4.78, 5) is 28.9. The molecule has 7 nitrogen and oxygen atoms in total. The molecule has 0 aromatic heterocycles. The molecule has 0 radical (unpaired) electrons. The quantitative estimate of drug-likeness (QED) is 0.210. The number of likely N-dealkylation sites (N-methyl/N-ethyl adjacent to an activating group) is 1. The van der Waals surface area contributed by atoms with E-state index < -0.39 is 34.4 Å². The summed E-state index contributed by atoms with van der Waals surface area (Å²) in [6.07, 6.45) is 0.194. The molecule has 0 saturated carbocycles. The number of carbonyl (C=O) groups excluding carboxylic acids is 2. The van der Waals surface area contributed by atoms with Crippen molar-refractivity contribution in [2.24, 2.45) is 0 Å². The van der Waals surface area contributed by atoms with Gasteiger partial charge in [-0.15, -0.1) is 0 Å². The van der Waals surface area contributed by atoms with Crippen LogP contribution in [0.2, 0.25) is 15.1 Å². The topological polar surface area (TPSA) is 86.8 Å². The molecule has 1 atom stereocenters. The number of benzene rings is 4. The lowest BCUT2D eigenvalue weighted by atomic mass is 10.0. The second kappa shape index (κ2) is 14.1. The second-order valence-corrected chi connectivity index (χ2v) is 12.5. The van der Waals surface area contributed by atoms with Crippen LogP contribution < -0.4 is 9.62 Å². The first-order chi connectivity index (χ1) is 20.1. The molecule has 1 N–H and O–H groups in total. The molecule has 0 aliphatic carbocycles. The Morgan fingerprint density at radius 2 is 1.40 bits per heavy atom. The van der Waals surface area contributed by atoms with E-state index in [1.807, 2.05) is 30.3 Å². The highest BCUT2D eigenvalue weighted by molar-refractivity contribution is 7.92. The Hall–Kier alpha value is -3.56. The van der Waals surface area contributed by atoms with Gasteiger partial charge in [-0.1, -0.05) is 95.5 Å². The first-order valence-electron chi connectivity index (χ1n) is 12.9. The molecular weight excluding hydrogens is 617 g/mol. The third kappa shape index (κ3) is 7.63. The normalized spacial score (nSPS) is 11.9. The summed E-state index contributed by atoms with van der Waals surface area (Å²) in [6.45, 7) is -0.640. The fourth-order valence-corrected chi connectivity index (χ4v) is 6.70. The summed E-state index contributed by atoms with van der Waals surface area (Å²) >= 11 is 18.8. The predicted octanol–water partition coefficient (Wildman–Crippen LogP) is 6.23. The average Bonchev–Trinajstić information content (AvgIpc) is 2.98. The minimum absolute atomic E-state index is 0.00210. The first-order valence-corrected chi connectivity index (χ1v) is 15.5. The van der Waals surface area contributed by atoms with Crippen molar-refractivity contribution in [3.8, 4) is 0 Å². The molecule has 11 heteroatoms. The molecule has 0 unspecified atom stereocenters. The number of amides is 2. The molecule has 0 aliphatic heterocycles. The number of hydrogen-bond donors (Lipinski definition) is 1. The van der Waals surface area contributed by atoms with E-state index in [0.717, 1.165) is 9.87 Å². The Kier molecular flexibility index (Phi) is 10.5. The van der Waals surface area contributed by atoms with E-state index in [9.17, 15) is 18.0 Å². The van der Waals surface area contributed by atoms with Crippen molar-refractivity contribution in [1.29, 1.82) is 0 Å². The Labute approximate surface area is 260 Å². The van der Waals surface area contributed by atoms with Crippen LogP contribution in [0.4, 0.5) is 5.69 Å². The molecule has 2 amide bonds. The van der Waals surface area contributed by atoms with Crippen LogP contribution in [-0.4, -0.2) is 44.8 Å². The summed E-state index contributed by atoms with van der Waals surface area (Å²) in [5, 5.41) is 3.45. The molecule has 42 heavy (non-hydrogen) atoms. The highest BCUT2D eigenvalue weighted by Gasteiger charge is 2.35. The van der Waals surface area contributed by atoms with Crippen LogP contribution >= 0.6 is 34.8 Å². The minimum Gasteiger partial charge on any atom is -0.357 e. The van der Waals surface area contributed by atoms with Gasteiger partial charge < -0.3 is 10.2 Å². The number of sulfonamides is 1.